The molecule has 1 rings (SSSR count). The van der Waals surface area contributed by atoms with Crippen LogP contribution in [0.4, 0.5) is 25.2 Å². The third kappa shape index (κ3) is 80.1. The molecule has 15 heteroatoms. The van der Waals surface area contributed by atoms with Gasteiger partial charge in [-0.15, -0.1) is 15.8 Å². The molecule has 0 unspecified atom stereocenters. The van der Waals surface area contributed by atoms with Crippen LogP contribution in [-0.4, -0.2) is 65.1 Å². The zero-order chi connectivity index (χ0) is 26.5. The van der Waals surface area contributed by atoms with Crippen LogP contribution in [0.25, 0.3) is 0 Å². The van der Waals surface area contributed by atoms with Crippen molar-refractivity contribution in [3.05, 3.63) is 49.5 Å². The van der Waals surface area contributed by atoms with Gasteiger partial charge >= 0.3 is 56.2 Å². The molecule has 0 aromatic carbocycles. The van der Waals surface area contributed by atoms with Crippen molar-refractivity contribution in [1.29, 1.82) is 0 Å². The van der Waals surface area contributed by atoms with E-state index in [0.29, 0.717) is 15.8 Å². The maximum Gasteiger partial charge on any atom is 0.00506 e. The van der Waals surface area contributed by atoms with Crippen molar-refractivity contribution in [1.82, 2.24) is 0 Å². The van der Waals surface area contributed by atoms with E-state index in [1.54, 1.807) is 0 Å². The van der Waals surface area contributed by atoms with Gasteiger partial charge in [-0.2, -0.15) is 0 Å². The Morgan fingerprint density at radius 1 is 0.788 bits per heavy atom. The Bertz CT molecular complexity index is 587. The van der Waals surface area contributed by atoms with Crippen molar-refractivity contribution in [3.63, 3.8) is 0 Å². The molecule has 1 radical (unpaired) electrons. The van der Waals surface area contributed by atoms with Gasteiger partial charge in [0.1, 0.15) is 0 Å². The van der Waals surface area contributed by atoms with Gasteiger partial charge in [-0.05, 0) is 39.0 Å². The van der Waals surface area contributed by atoms with E-state index >= 15 is 0 Å². The van der Waals surface area contributed by atoms with Crippen LogP contribution in [0.5, 0.6) is 0 Å². The zero-order valence-electron chi connectivity index (χ0n) is 19.0. The van der Waals surface area contributed by atoms with Gasteiger partial charge in [-0.3, -0.25) is 0 Å². The molecule has 1 aliphatic rings. The molecule has 0 aliphatic heterocycles. The minimum atomic E-state index is -10.7. The quantitative estimate of drug-likeness (QED) is 0.0625. The maximum absolute atomic E-state index is 10.7. The average molecular weight is 628 g/mol. The number of rotatable bonds is 5. The average Bonchev–Trinajstić information content (AvgIpc) is 3.23. The molecule has 0 aromatic heterocycles. The predicted molar refractivity (Wildman–Crippen MR) is 121 cm³/mol. The van der Waals surface area contributed by atoms with Gasteiger partial charge in [0.2, 0.25) is 0 Å². The number of allylic oxidation sites excluding steroid dienone is 4. The molecular weight excluding hydrogens is 599 g/mol. The van der Waals surface area contributed by atoms with Crippen molar-refractivity contribution < 1.29 is 70.0 Å². The van der Waals surface area contributed by atoms with Crippen LogP contribution >= 0.6 is 23.7 Å². The molecule has 33 heavy (non-hydrogen) atoms. The maximum atomic E-state index is 10.3. The molecule has 0 bridgehead atoms. The Balaban J connectivity index is -0.000000104. The summed E-state index contributed by atoms with van der Waals surface area (Å²) >= 11 is 0. The number of carbonyl (C=O) groups excluding carboxylic acids is 2. The molecule has 0 atom stereocenters. The van der Waals surface area contributed by atoms with Gasteiger partial charge in [0.25, 0.3) is 0 Å². The van der Waals surface area contributed by atoms with Crippen molar-refractivity contribution in [3.8, 4) is 0 Å². The van der Waals surface area contributed by atoms with Crippen LogP contribution < -0.4 is 0 Å². The Morgan fingerprint density at radius 2 is 1.03 bits per heavy atom. The first kappa shape index (κ1) is 42.6. The summed E-state index contributed by atoms with van der Waals surface area (Å²) in [5, 5.41) is 0. The fraction of sp³-hybridized carbons (Fsp3) is 0.444. The molecule has 0 aromatic rings. The summed E-state index contributed by atoms with van der Waals surface area (Å²) < 4.78 is 75.1. The standard InChI is InChI=1S/C6H8O4.C6H16P2.C5H5.CO.F6P.Mo/c1-9-5(7)3-4-6(8)10-2;1-7(2)5-6-8(3)4;1-2-4-5-3-1;1-2;1-7(2,3,4,5)6;/h3-4H,1-2H3;5-6H2,1-4H3;1-5H;;;/q;;;;-1;. The Kier molecular flexibility index (Phi) is 26.9. The Morgan fingerprint density at radius 3 is 1.15 bits per heavy atom. The number of hydrogen-bond acceptors (Lipinski definition) is 4. The van der Waals surface area contributed by atoms with E-state index in [4.69, 9.17) is 4.65 Å². The van der Waals surface area contributed by atoms with E-state index in [0.717, 1.165) is 12.2 Å². The first-order valence-corrected chi connectivity index (χ1v) is 15.2. The third-order valence-electron chi connectivity index (χ3n) is 2.31. The minimum Gasteiger partial charge on any atom is -0.0767 e. The Labute approximate surface area is 208 Å². The van der Waals surface area contributed by atoms with Crippen molar-refractivity contribution in [2.24, 2.45) is 0 Å². The van der Waals surface area contributed by atoms with Crippen LogP contribution in [0.1, 0.15) is 0 Å². The summed E-state index contributed by atoms with van der Waals surface area (Å²) in [6.07, 6.45) is 14.9. The summed E-state index contributed by atoms with van der Waals surface area (Å²) in [5.41, 5.74) is 0. The van der Waals surface area contributed by atoms with E-state index < -0.39 is 19.7 Å². The van der Waals surface area contributed by atoms with Crippen LogP contribution in [0.15, 0.2) is 36.5 Å². The van der Waals surface area contributed by atoms with E-state index in [9.17, 15) is 34.8 Å². The summed E-state index contributed by atoms with van der Waals surface area (Å²) in [4.78, 5) is 20.6. The second-order valence-corrected chi connectivity index (χ2v) is 13.0. The van der Waals surface area contributed by atoms with Gasteiger partial charge in [0, 0.05) is 39.6 Å². The SMILES string of the molecule is COC(=O)C=CC(=O)OC.CP(C)CCP(C)C.F[P-](F)(F)(F)(F)F.[C-]#[O+].[CH]1C=CC=C1.[Mo]. The van der Waals surface area contributed by atoms with E-state index in [-0.39, 0.29) is 21.1 Å². The normalized spacial score (nSPS) is 13.2. The van der Waals surface area contributed by atoms with Gasteiger partial charge in [0.05, 0.1) is 14.2 Å². The van der Waals surface area contributed by atoms with Gasteiger partial charge in [-0.25, -0.2) is 9.59 Å². The van der Waals surface area contributed by atoms with E-state index in [1.165, 1.54) is 26.5 Å². The van der Waals surface area contributed by atoms with Crippen molar-refractivity contribution in [2.45, 2.75) is 0 Å². The smallest absolute Gasteiger partial charge is 0.00506 e. The monoisotopic (exact) mass is 630 g/mol. The molecule has 195 valence electrons. The number of halogens is 6. The van der Waals surface area contributed by atoms with E-state index in [2.05, 4.69) is 42.8 Å². The van der Waals surface area contributed by atoms with Gasteiger partial charge in [-0.1, -0.05) is 24.3 Å². The van der Waals surface area contributed by atoms with E-state index in [1.807, 2.05) is 30.7 Å². The molecular formula is C18H29F6MoO5P3-. The van der Waals surface area contributed by atoms with Crippen molar-refractivity contribution >= 4 is 35.6 Å². The molecule has 0 spiro atoms. The Hall–Kier alpha value is -0.542. The molecule has 0 fully saturated rings. The number of hydrogen-bond donors (Lipinski definition) is 0. The summed E-state index contributed by atoms with van der Waals surface area (Å²) in [6.45, 7) is 13.9. The fourth-order valence-electron chi connectivity index (χ4n) is 0.993. The summed E-state index contributed by atoms with van der Waals surface area (Å²) in [6, 6.07) is 0. The van der Waals surface area contributed by atoms with Crippen LogP contribution in [-0.2, 0) is 44.8 Å². The minimum absolute atomic E-state index is 0. The number of esters is 2. The second kappa shape index (κ2) is 20.8. The molecule has 5 nitrogen and oxygen atoms in total. The number of carbonyl (C=O) groups is 2. The zero-order valence-corrected chi connectivity index (χ0v) is 23.7. The topological polar surface area (TPSA) is 72.5 Å². The van der Waals surface area contributed by atoms with Gasteiger partial charge in [0.15, 0.2) is 0 Å². The van der Waals surface area contributed by atoms with Crippen LogP contribution in [0.3, 0.4) is 0 Å². The molecule has 0 heterocycles. The summed E-state index contributed by atoms with van der Waals surface area (Å²) in [5.74, 6) is -1.16. The van der Waals surface area contributed by atoms with Crippen LogP contribution in [0, 0.1) is 13.1 Å². The molecule has 0 amide bonds. The fourth-order valence-corrected chi connectivity index (χ4v) is 4.19. The van der Waals surface area contributed by atoms with Crippen LogP contribution in [0.2, 0.25) is 0 Å². The number of methoxy groups -OCH3 is 2. The third-order valence-corrected chi connectivity index (χ3v) is 4.90. The predicted octanol–water partition coefficient (Wildman–Crippen LogP) is 7.02. The number of ether oxygens (including phenoxy) is 2. The van der Waals surface area contributed by atoms with Crippen molar-refractivity contribution in [2.75, 3.05) is 53.2 Å². The molecule has 0 saturated heterocycles. The van der Waals surface area contributed by atoms with Gasteiger partial charge < -0.3 is 9.47 Å². The molecule has 0 N–H and O–H groups in total. The molecule has 0 saturated carbocycles. The first-order valence-electron chi connectivity index (χ1n) is 8.35. The first-order chi connectivity index (χ1) is 14.3. The summed E-state index contributed by atoms with van der Waals surface area (Å²) in [7, 11) is -7.44. The largest absolute Gasteiger partial charge is 0.0767 e. The second-order valence-electron chi connectivity index (χ2n) is 5.91. The molecule has 1 aliphatic carbocycles.